The molecule has 0 radical (unpaired) electrons. The number of hydrogen-bond acceptors (Lipinski definition) is 5. The van der Waals surface area contributed by atoms with Gasteiger partial charge in [-0.3, -0.25) is 4.79 Å². The lowest BCUT2D eigenvalue weighted by Gasteiger charge is -2.24. The number of anilines is 1. The van der Waals surface area contributed by atoms with Crippen LogP contribution in [0.4, 0.5) is 5.69 Å². The first kappa shape index (κ1) is 19.5. The lowest BCUT2D eigenvalue weighted by atomic mass is 10.1. The number of hydrogen-bond donors (Lipinski definition) is 0. The average Bonchev–Trinajstić information content (AvgIpc) is 2.62. The molecule has 5 heteroatoms. The van der Waals surface area contributed by atoms with Crippen LogP contribution in [0.5, 0.6) is 0 Å². The Morgan fingerprint density at radius 3 is 2.46 bits per heavy atom. The average molecular weight is 354 g/mol. The fourth-order valence-corrected chi connectivity index (χ4v) is 2.75. The van der Waals surface area contributed by atoms with E-state index in [9.17, 15) is 14.7 Å². The minimum Gasteiger partial charge on any atom is -0.550 e. The summed E-state index contributed by atoms with van der Waals surface area (Å²) in [5, 5.41) is 10.6. The second-order valence-electron chi connectivity index (χ2n) is 6.04. The fourth-order valence-electron chi connectivity index (χ4n) is 2.75. The zero-order chi connectivity index (χ0) is 18.8. The van der Waals surface area contributed by atoms with Crippen LogP contribution in [0.25, 0.3) is 0 Å². The summed E-state index contributed by atoms with van der Waals surface area (Å²) in [7, 11) is 0. The maximum Gasteiger partial charge on any atom is 0.325 e. The number of carbonyl (C=O) groups is 2. The number of benzene rings is 2. The van der Waals surface area contributed by atoms with Gasteiger partial charge in [-0.25, -0.2) is 0 Å². The molecule has 0 aliphatic carbocycles. The molecule has 0 aliphatic rings. The van der Waals surface area contributed by atoms with Crippen LogP contribution in [0, 0.1) is 0 Å². The highest BCUT2D eigenvalue weighted by molar-refractivity contribution is 5.76. The molecule has 0 N–H and O–H groups in total. The molecule has 0 saturated carbocycles. The molecule has 0 amide bonds. The van der Waals surface area contributed by atoms with Crippen LogP contribution in [0.2, 0.25) is 0 Å². The number of carboxylic acids is 1. The van der Waals surface area contributed by atoms with Gasteiger partial charge in [0.2, 0.25) is 0 Å². The number of carboxylic acid groups (broad SMARTS) is 1. The van der Waals surface area contributed by atoms with Crippen molar-refractivity contribution < 1.29 is 19.4 Å². The van der Waals surface area contributed by atoms with Gasteiger partial charge in [0.1, 0.15) is 6.54 Å². The molecule has 26 heavy (non-hydrogen) atoms. The topological polar surface area (TPSA) is 69.7 Å². The van der Waals surface area contributed by atoms with Crippen LogP contribution in [-0.4, -0.2) is 25.1 Å². The summed E-state index contributed by atoms with van der Waals surface area (Å²) >= 11 is 0. The van der Waals surface area contributed by atoms with Gasteiger partial charge in [0, 0.05) is 18.2 Å². The zero-order valence-electron chi connectivity index (χ0n) is 15.0. The molecule has 0 aliphatic heterocycles. The van der Waals surface area contributed by atoms with Crippen molar-refractivity contribution in [1.82, 2.24) is 0 Å². The summed E-state index contributed by atoms with van der Waals surface area (Å²) in [5.41, 5.74) is 3.04. The Kier molecular flexibility index (Phi) is 7.68. The minimum absolute atomic E-state index is 0.0424. The van der Waals surface area contributed by atoms with Crippen molar-refractivity contribution in [2.45, 2.75) is 32.7 Å². The molecule has 0 fully saturated rings. The molecular formula is C21H24NO4-. The SMILES string of the molecule is CCOC(=O)CN(Cc1ccccc1)c1cccc(CCCC(=O)[O-])c1. The predicted molar refractivity (Wildman–Crippen MR) is 98.5 cm³/mol. The summed E-state index contributed by atoms with van der Waals surface area (Å²) in [6.07, 6.45) is 1.23. The van der Waals surface area contributed by atoms with Gasteiger partial charge < -0.3 is 19.5 Å². The van der Waals surface area contributed by atoms with E-state index >= 15 is 0 Å². The smallest absolute Gasteiger partial charge is 0.325 e. The highest BCUT2D eigenvalue weighted by Crippen LogP contribution is 2.20. The van der Waals surface area contributed by atoms with E-state index in [0.717, 1.165) is 16.8 Å². The monoisotopic (exact) mass is 354 g/mol. The highest BCUT2D eigenvalue weighted by atomic mass is 16.5. The fraction of sp³-hybridized carbons (Fsp3) is 0.333. The maximum absolute atomic E-state index is 12.0. The van der Waals surface area contributed by atoms with E-state index in [-0.39, 0.29) is 18.9 Å². The van der Waals surface area contributed by atoms with Gasteiger partial charge in [-0.1, -0.05) is 42.5 Å². The first-order valence-electron chi connectivity index (χ1n) is 8.81. The van der Waals surface area contributed by atoms with Crippen LogP contribution in [0.1, 0.15) is 30.9 Å². The van der Waals surface area contributed by atoms with E-state index in [1.165, 1.54) is 0 Å². The highest BCUT2D eigenvalue weighted by Gasteiger charge is 2.13. The molecular weight excluding hydrogens is 330 g/mol. The van der Waals surface area contributed by atoms with E-state index in [4.69, 9.17) is 4.74 Å². The third kappa shape index (κ3) is 6.59. The Morgan fingerprint density at radius 2 is 1.77 bits per heavy atom. The van der Waals surface area contributed by atoms with E-state index in [0.29, 0.717) is 26.0 Å². The van der Waals surface area contributed by atoms with Gasteiger partial charge in [0.05, 0.1) is 6.61 Å². The van der Waals surface area contributed by atoms with Gasteiger partial charge in [-0.2, -0.15) is 0 Å². The Labute approximate surface area is 154 Å². The van der Waals surface area contributed by atoms with E-state index < -0.39 is 5.97 Å². The molecule has 2 aromatic carbocycles. The zero-order valence-corrected chi connectivity index (χ0v) is 15.0. The Hall–Kier alpha value is -2.82. The Bertz CT molecular complexity index is 715. The van der Waals surface area contributed by atoms with Crippen molar-refractivity contribution in [3.63, 3.8) is 0 Å². The molecule has 0 heterocycles. The van der Waals surface area contributed by atoms with E-state index in [2.05, 4.69) is 0 Å². The first-order chi connectivity index (χ1) is 12.6. The summed E-state index contributed by atoms with van der Waals surface area (Å²) < 4.78 is 5.10. The van der Waals surface area contributed by atoms with Gasteiger partial charge in [-0.05, 0) is 49.4 Å². The molecule has 2 aromatic rings. The number of ether oxygens (including phenoxy) is 1. The minimum atomic E-state index is -1.03. The Morgan fingerprint density at radius 1 is 1.04 bits per heavy atom. The number of aliphatic carboxylic acids is 1. The normalized spacial score (nSPS) is 10.3. The van der Waals surface area contributed by atoms with Gasteiger partial charge in [0.25, 0.3) is 0 Å². The van der Waals surface area contributed by atoms with Crippen molar-refractivity contribution in [2.75, 3.05) is 18.1 Å². The number of rotatable bonds is 10. The number of esters is 1. The molecule has 0 bridgehead atoms. The van der Waals surface area contributed by atoms with E-state index in [1.54, 1.807) is 6.92 Å². The van der Waals surface area contributed by atoms with Gasteiger partial charge in [-0.15, -0.1) is 0 Å². The summed E-state index contributed by atoms with van der Waals surface area (Å²) in [6.45, 7) is 2.88. The van der Waals surface area contributed by atoms with Crippen LogP contribution in [-0.2, 0) is 27.3 Å². The van der Waals surface area contributed by atoms with Gasteiger partial charge >= 0.3 is 5.97 Å². The summed E-state index contributed by atoms with van der Waals surface area (Å²) in [5.74, 6) is -1.31. The third-order valence-corrected chi connectivity index (χ3v) is 3.96. The standard InChI is InChI=1S/C21H25NO4/c1-2-26-21(25)16-22(15-18-8-4-3-5-9-18)19-12-6-10-17(14-19)11-7-13-20(23)24/h3-6,8-10,12,14H,2,7,11,13,15-16H2,1H3,(H,23,24)/p-1. The van der Waals surface area contributed by atoms with E-state index in [1.807, 2.05) is 59.5 Å². The molecule has 0 aromatic heterocycles. The first-order valence-corrected chi connectivity index (χ1v) is 8.81. The summed E-state index contributed by atoms with van der Waals surface area (Å²) in [4.78, 5) is 24.6. The number of carbonyl (C=O) groups excluding carboxylic acids is 2. The number of nitrogens with zero attached hydrogens (tertiary/aromatic N) is 1. The molecule has 0 spiro atoms. The molecule has 138 valence electrons. The van der Waals surface area contributed by atoms with Crippen LogP contribution < -0.4 is 10.0 Å². The van der Waals surface area contributed by atoms with Crippen molar-refractivity contribution in [3.05, 3.63) is 65.7 Å². The van der Waals surface area contributed by atoms with Crippen LogP contribution >= 0.6 is 0 Å². The third-order valence-electron chi connectivity index (χ3n) is 3.96. The predicted octanol–water partition coefficient (Wildman–Crippen LogP) is 2.33. The molecule has 0 atom stereocenters. The van der Waals surface area contributed by atoms with Crippen molar-refractivity contribution in [1.29, 1.82) is 0 Å². The lowest BCUT2D eigenvalue weighted by molar-refractivity contribution is -0.305. The van der Waals surface area contributed by atoms with Crippen LogP contribution in [0.3, 0.4) is 0 Å². The Balaban J connectivity index is 2.15. The quantitative estimate of drug-likeness (QED) is 0.613. The van der Waals surface area contributed by atoms with Crippen molar-refractivity contribution >= 4 is 17.6 Å². The summed E-state index contributed by atoms with van der Waals surface area (Å²) in [6, 6.07) is 17.8. The largest absolute Gasteiger partial charge is 0.550 e. The molecule has 0 unspecified atom stereocenters. The van der Waals surface area contributed by atoms with Crippen molar-refractivity contribution in [3.8, 4) is 0 Å². The van der Waals surface area contributed by atoms with Crippen molar-refractivity contribution in [2.24, 2.45) is 0 Å². The molecule has 0 saturated heterocycles. The lowest BCUT2D eigenvalue weighted by Crippen LogP contribution is -2.30. The second kappa shape index (κ2) is 10.2. The molecule has 5 nitrogen and oxygen atoms in total. The van der Waals surface area contributed by atoms with Crippen LogP contribution in [0.15, 0.2) is 54.6 Å². The molecule has 2 rings (SSSR count). The maximum atomic E-state index is 12.0. The number of aryl methyl sites for hydroxylation is 1. The van der Waals surface area contributed by atoms with Gasteiger partial charge in [0.15, 0.2) is 0 Å². The second-order valence-corrected chi connectivity index (χ2v) is 6.04.